The number of hydrogen-bond donors (Lipinski definition) is 2. The lowest BCUT2D eigenvalue weighted by atomic mass is 9.69. The summed E-state index contributed by atoms with van der Waals surface area (Å²) in [6, 6.07) is 8.21. The number of rotatable bonds is 4. The Labute approximate surface area is 140 Å². The van der Waals surface area contributed by atoms with Crippen LogP contribution in [0.2, 0.25) is 0 Å². The van der Waals surface area contributed by atoms with Gasteiger partial charge in [0.25, 0.3) is 5.91 Å². The first-order chi connectivity index (χ1) is 11.4. The zero-order valence-corrected chi connectivity index (χ0v) is 13.5. The van der Waals surface area contributed by atoms with Crippen molar-refractivity contribution >= 4 is 28.6 Å². The first-order valence-corrected chi connectivity index (χ1v) is 9.10. The number of nitrogens with one attached hydrogen (secondary N) is 1. The Bertz CT molecular complexity index is 767. The van der Waals surface area contributed by atoms with Gasteiger partial charge in [-0.25, -0.2) is 4.79 Å². The Hall–Kier alpha value is -2.22. The molecule has 126 valence electrons. The number of carboxylic acid groups (broad SMARTS) is 1. The Morgan fingerprint density at radius 3 is 2.71 bits per heavy atom. The lowest BCUT2D eigenvalue weighted by Crippen LogP contribution is -2.90. The van der Waals surface area contributed by atoms with Crippen molar-refractivity contribution in [3.63, 3.8) is 0 Å². The minimum Gasteiger partial charge on any atom is -0.480 e. The maximum Gasteiger partial charge on any atom is 0.326 e. The molecule has 4 aliphatic heterocycles. The summed E-state index contributed by atoms with van der Waals surface area (Å²) in [4.78, 5) is 37.5. The fourth-order valence-electron chi connectivity index (χ4n) is 4.19. The topological polar surface area (TPSA) is 104 Å². The van der Waals surface area contributed by atoms with Gasteiger partial charge in [-0.2, -0.15) is 0 Å². The van der Waals surface area contributed by atoms with Crippen molar-refractivity contribution in [3.05, 3.63) is 35.9 Å². The minimum atomic E-state index is -1.34. The van der Waals surface area contributed by atoms with Crippen molar-refractivity contribution in [2.75, 3.05) is 5.75 Å². The molecule has 2 unspecified atom stereocenters. The molecule has 5 rings (SSSR count). The van der Waals surface area contributed by atoms with Gasteiger partial charge < -0.3 is 15.3 Å². The van der Waals surface area contributed by atoms with E-state index in [9.17, 15) is 23.7 Å². The summed E-state index contributed by atoms with van der Waals surface area (Å²) >= 11 is 0. The summed E-state index contributed by atoms with van der Waals surface area (Å²) in [7, 11) is -1.34. The van der Waals surface area contributed by atoms with Crippen LogP contribution in [-0.2, 0) is 31.6 Å². The molecule has 0 radical (unpaired) electrons. The zero-order valence-electron chi connectivity index (χ0n) is 12.7. The number of carbonyl (C=O) groups excluding carboxylic acids is 2. The van der Waals surface area contributed by atoms with Crippen LogP contribution in [0.1, 0.15) is 12.0 Å². The molecule has 0 spiro atoms. The van der Waals surface area contributed by atoms with Gasteiger partial charge in [-0.1, -0.05) is 30.3 Å². The van der Waals surface area contributed by atoms with E-state index in [1.54, 1.807) is 0 Å². The predicted molar refractivity (Wildman–Crippen MR) is 84.2 cm³/mol. The minimum absolute atomic E-state index is 0.127. The number of fused-ring (bicyclic) bond motifs is 1. The number of nitrogens with zero attached hydrogens (tertiary/aromatic N) is 1. The fourth-order valence-corrected chi connectivity index (χ4v) is 6.28. The summed E-state index contributed by atoms with van der Waals surface area (Å²) in [5.74, 6) is -1.93. The molecular formula is C16H16N2O5S. The van der Waals surface area contributed by atoms with E-state index in [2.05, 4.69) is 5.32 Å². The van der Waals surface area contributed by atoms with Crippen molar-refractivity contribution in [2.45, 2.75) is 29.8 Å². The maximum absolute atomic E-state index is 12.5. The third-order valence-electron chi connectivity index (χ3n) is 5.07. The zero-order chi connectivity index (χ0) is 17.1. The smallest absolute Gasteiger partial charge is 0.326 e. The molecule has 8 heteroatoms. The summed E-state index contributed by atoms with van der Waals surface area (Å²) in [5, 5.41) is 11.4. The van der Waals surface area contributed by atoms with Crippen molar-refractivity contribution in [1.29, 1.82) is 0 Å². The quantitative estimate of drug-likeness (QED) is 0.713. The number of carbonyl (C=O) groups is 3. The third kappa shape index (κ3) is 1.95. The van der Waals surface area contributed by atoms with Crippen LogP contribution in [0.25, 0.3) is 0 Å². The Morgan fingerprint density at radius 1 is 1.33 bits per heavy atom. The van der Waals surface area contributed by atoms with E-state index in [4.69, 9.17) is 0 Å². The molecule has 2 N–H and O–H groups in total. The molecule has 0 aromatic heterocycles. The highest BCUT2D eigenvalue weighted by atomic mass is 32.2. The van der Waals surface area contributed by atoms with E-state index in [0.29, 0.717) is 0 Å². The average molecular weight is 348 g/mol. The van der Waals surface area contributed by atoms with Crippen LogP contribution in [0.4, 0.5) is 0 Å². The van der Waals surface area contributed by atoms with Crippen LogP contribution in [0.15, 0.2) is 30.3 Å². The number of hydrogen-bond acceptors (Lipinski definition) is 4. The summed E-state index contributed by atoms with van der Waals surface area (Å²) < 4.78 is 12.3. The van der Waals surface area contributed by atoms with Crippen molar-refractivity contribution in [1.82, 2.24) is 10.2 Å². The standard InChI is InChI=1S/C16H16N2O5S/c19-11(6-9-4-2-1-3-5-9)17-16-7-10-8-24(23)15(16)18(14(16)22)12(10)13(20)21/h1-5,10,12,15H,6-8H2,(H,17,19)(H,20,21)/t10?,12-,15-,16?,24+/m1/s1. The van der Waals surface area contributed by atoms with E-state index < -0.39 is 39.6 Å². The van der Waals surface area contributed by atoms with Gasteiger partial charge in [0.15, 0.2) is 5.54 Å². The molecule has 1 aromatic carbocycles. The van der Waals surface area contributed by atoms with Crippen LogP contribution in [-0.4, -0.2) is 54.7 Å². The normalized spacial score (nSPS) is 36.2. The van der Waals surface area contributed by atoms with Crippen molar-refractivity contribution in [3.8, 4) is 0 Å². The Kier molecular flexibility index (Phi) is 3.28. The van der Waals surface area contributed by atoms with Gasteiger partial charge in [0, 0.05) is 22.5 Å². The van der Waals surface area contributed by atoms with E-state index >= 15 is 0 Å². The van der Waals surface area contributed by atoms with Crippen molar-refractivity contribution < 1.29 is 23.7 Å². The number of aliphatic carboxylic acids is 1. The van der Waals surface area contributed by atoms with Gasteiger partial charge in [0.2, 0.25) is 5.91 Å². The second-order valence-electron chi connectivity index (χ2n) is 6.54. The Balaban J connectivity index is 1.56. The summed E-state index contributed by atoms with van der Waals surface area (Å²) in [6.45, 7) is 0. The highest BCUT2D eigenvalue weighted by Gasteiger charge is 2.75. The first-order valence-electron chi connectivity index (χ1n) is 7.72. The number of amides is 2. The third-order valence-corrected chi connectivity index (χ3v) is 6.96. The monoisotopic (exact) mass is 348 g/mol. The van der Waals surface area contributed by atoms with Gasteiger partial charge in [-0.05, 0) is 12.0 Å². The summed E-state index contributed by atoms with van der Waals surface area (Å²) in [6.07, 6.45) is 0.373. The van der Waals surface area contributed by atoms with Gasteiger partial charge in [0.1, 0.15) is 11.4 Å². The molecule has 5 atom stereocenters. The second kappa shape index (κ2) is 5.14. The van der Waals surface area contributed by atoms with Crippen LogP contribution >= 0.6 is 0 Å². The lowest BCUT2D eigenvalue weighted by molar-refractivity contribution is -0.187. The van der Waals surface area contributed by atoms with Crippen molar-refractivity contribution in [2.24, 2.45) is 5.92 Å². The Morgan fingerprint density at radius 2 is 2.04 bits per heavy atom. The van der Waals surface area contributed by atoms with E-state index in [0.717, 1.165) is 5.56 Å². The largest absolute Gasteiger partial charge is 0.480 e. The van der Waals surface area contributed by atoms with Crippen LogP contribution in [0.3, 0.4) is 0 Å². The highest BCUT2D eigenvalue weighted by Crippen LogP contribution is 2.52. The van der Waals surface area contributed by atoms with E-state index in [1.807, 2.05) is 30.3 Å². The number of carboxylic acids is 1. The number of β-lactam (4-membered cyclic amide) rings is 1. The molecule has 4 bridgehead atoms. The molecule has 4 aliphatic rings. The fraction of sp³-hybridized carbons (Fsp3) is 0.438. The molecule has 2 amide bonds. The van der Waals surface area contributed by atoms with E-state index in [-0.39, 0.29) is 30.4 Å². The molecular weight excluding hydrogens is 332 g/mol. The lowest BCUT2D eigenvalue weighted by Gasteiger charge is -2.66. The number of benzene rings is 1. The van der Waals surface area contributed by atoms with Gasteiger partial charge >= 0.3 is 5.97 Å². The summed E-state index contributed by atoms with van der Waals surface area (Å²) in [5.41, 5.74) is -0.369. The maximum atomic E-state index is 12.5. The molecule has 4 heterocycles. The molecule has 1 aromatic rings. The highest BCUT2D eigenvalue weighted by molar-refractivity contribution is 7.86. The van der Waals surface area contributed by atoms with E-state index in [1.165, 1.54) is 4.90 Å². The molecule has 4 fully saturated rings. The molecule has 7 nitrogen and oxygen atoms in total. The van der Waals surface area contributed by atoms with Crippen LogP contribution in [0.5, 0.6) is 0 Å². The average Bonchev–Trinajstić information content (AvgIpc) is 2.54. The first kappa shape index (κ1) is 15.3. The van der Waals surface area contributed by atoms with Gasteiger partial charge in [-0.15, -0.1) is 0 Å². The van der Waals surface area contributed by atoms with Gasteiger partial charge in [0.05, 0.1) is 6.42 Å². The molecule has 0 aliphatic carbocycles. The van der Waals surface area contributed by atoms with Crippen LogP contribution in [0, 0.1) is 5.92 Å². The molecule has 0 saturated carbocycles. The SMILES string of the molecule is O=C(Cc1ccccc1)NC12CC3C[S@](=O)[C@H]1N(C2=O)[C@H]3C(=O)O. The van der Waals surface area contributed by atoms with Crippen LogP contribution < -0.4 is 5.32 Å². The van der Waals surface area contributed by atoms with Gasteiger partial charge in [-0.3, -0.25) is 13.8 Å². The molecule has 4 saturated heterocycles. The predicted octanol–water partition coefficient (Wildman–Crippen LogP) is -0.512. The second-order valence-corrected chi connectivity index (χ2v) is 8.08. The number of piperidine rings is 2. The molecule has 24 heavy (non-hydrogen) atoms.